The Hall–Kier alpha value is -0.921. The van der Waals surface area contributed by atoms with Crippen molar-refractivity contribution in [1.29, 1.82) is 0 Å². The van der Waals surface area contributed by atoms with E-state index in [4.69, 9.17) is 0 Å². The number of aromatic nitrogens is 2. The molecule has 3 heteroatoms. The largest absolute Gasteiger partial charge is 2.00 e. The molecule has 2 aliphatic carbocycles. The van der Waals surface area contributed by atoms with Gasteiger partial charge in [-0.2, -0.15) is 39.0 Å². The van der Waals surface area contributed by atoms with E-state index in [0.717, 1.165) is 34.8 Å². The van der Waals surface area contributed by atoms with Gasteiger partial charge >= 0.3 is 17.1 Å². The number of benzene rings is 1. The smallest absolute Gasteiger partial charge is 0.317 e. The van der Waals surface area contributed by atoms with Gasteiger partial charge < -0.3 is 11.8 Å². The summed E-state index contributed by atoms with van der Waals surface area (Å²) in [6, 6.07) is 6.56. The van der Waals surface area contributed by atoms with E-state index in [9.17, 15) is 0 Å². The quantitative estimate of drug-likeness (QED) is 0.417. The molecule has 0 aliphatic heterocycles. The fourth-order valence-corrected chi connectivity index (χ4v) is 4.22. The number of hydrogen-bond donors (Lipinski definition) is 0. The predicted molar refractivity (Wildman–Crippen MR) is 111 cm³/mol. The molecular weight excluding hydrogens is 372 g/mol. The molecule has 2 aliphatic rings. The van der Waals surface area contributed by atoms with Crippen LogP contribution in [-0.2, 0) is 23.5 Å². The molecule has 1 unspecified atom stereocenters. The normalized spacial score (nSPS) is 20.4. The first-order chi connectivity index (χ1) is 12.5. The summed E-state index contributed by atoms with van der Waals surface area (Å²) in [4.78, 5) is 9.26. The zero-order valence-electron chi connectivity index (χ0n) is 17.4. The second-order valence-electron chi connectivity index (χ2n) is 8.36. The van der Waals surface area contributed by atoms with Crippen LogP contribution in [0.4, 0.5) is 0 Å². The van der Waals surface area contributed by atoms with Gasteiger partial charge in [-0.25, -0.2) is 9.97 Å². The molecule has 2 aromatic rings. The second kappa shape index (κ2) is 10.6. The van der Waals surface area contributed by atoms with Crippen molar-refractivity contribution >= 4 is 11.0 Å². The van der Waals surface area contributed by atoms with E-state index >= 15 is 0 Å². The molecule has 148 valence electrons. The van der Waals surface area contributed by atoms with Crippen LogP contribution in [0, 0.1) is 31.6 Å². The van der Waals surface area contributed by atoms with Crippen LogP contribution in [0.1, 0.15) is 82.2 Å². The maximum Gasteiger partial charge on any atom is 2.00 e. The van der Waals surface area contributed by atoms with Crippen LogP contribution in [0.3, 0.4) is 0 Å². The predicted octanol–water partition coefficient (Wildman–Crippen LogP) is 6.73. The first-order valence-electron chi connectivity index (χ1n) is 10.4. The monoisotopic (exact) mass is 406 g/mol. The van der Waals surface area contributed by atoms with E-state index in [-0.39, 0.29) is 17.1 Å². The van der Waals surface area contributed by atoms with Gasteiger partial charge in [-0.3, -0.25) is 0 Å². The molecular formula is C24H34FeN2. The Kier molecular flexibility index (Phi) is 8.76. The molecule has 4 rings (SSSR count). The minimum atomic E-state index is 0. The van der Waals surface area contributed by atoms with Crippen LogP contribution in [-0.4, -0.2) is 9.97 Å². The summed E-state index contributed by atoms with van der Waals surface area (Å²) in [5.41, 5.74) is 5.52. The fourth-order valence-electron chi connectivity index (χ4n) is 4.22. The van der Waals surface area contributed by atoms with Gasteiger partial charge in [0.05, 0.1) is 22.4 Å². The van der Waals surface area contributed by atoms with Crippen molar-refractivity contribution in [3.05, 3.63) is 47.0 Å². The molecule has 1 atom stereocenters. The third kappa shape index (κ3) is 6.29. The van der Waals surface area contributed by atoms with Crippen LogP contribution < -0.4 is 0 Å². The van der Waals surface area contributed by atoms with Crippen molar-refractivity contribution in [3.8, 4) is 0 Å². The van der Waals surface area contributed by atoms with E-state index in [2.05, 4.69) is 42.0 Å². The summed E-state index contributed by atoms with van der Waals surface area (Å²) >= 11 is 0. The minimum Gasteiger partial charge on any atom is -0.317 e. The van der Waals surface area contributed by atoms with E-state index in [0.29, 0.717) is 0 Å². The summed E-state index contributed by atoms with van der Waals surface area (Å²) in [5, 5.41) is 0. The van der Waals surface area contributed by atoms with Crippen LogP contribution in [0.15, 0.2) is 18.2 Å². The summed E-state index contributed by atoms with van der Waals surface area (Å²) in [5.74, 6) is 4.25. The van der Waals surface area contributed by atoms with Gasteiger partial charge in [-0.1, -0.05) is 38.2 Å². The molecule has 1 aromatic heterocycles. The molecule has 0 N–H and O–H groups in total. The van der Waals surface area contributed by atoms with Crippen LogP contribution in [0.5, 0.6) is 0 Å². The maximum absolute atomic E-state index is 4.66. The summed E-state index contributed by atoms with van der Waals surface area (Å²) in [6.45, 7) is 8.64. The molecule has 1 aromatic carbocycles. The summed E-state index contributed by atoms with van der Waals surface area (Å²) in [7, 11) is 0. The molecule has 2 nitrogen and oxygen atoms in total. The van der Waals surface area contributed by atoms with Crippen molar-refractivity contribution in [2.75, 3.05) is 0 Å². The number of nitrogens with zero attached hydrogens (tertiary/aromatic N) is 2. The van der Waals surface area contributed by atoms with Crippen molar-refractivity contribution in [1.82, 2.24) is 9.97 Å². The number of rotatable bonds is 3. The zero-order chi connectivity index (χ0) is 18.5. The number of hydrogen-bond acceptors (Lipinski definition) is 2. The average molecular weight is 406 g/mol. The standard InChI is InChI=1S/C18H23N2.C6H11.Fe/c1-12-5-4-6-16(12)9-7-15-8-10-17-18(11-15)20-14(3)13(2)19-17;1-6-4-2-3-5-6;/h8,10-11,16H,4-7,9H2,1-3H3;2-5H2,1H3;/q2*-1;+2. The van der Waals surface area contributed by atoms with E-state index < -0.39 is 0 Å². The molecule has 0 amide bonds. The first-order valence-corrected chi connectivity index (χ1v) is 10.4. The molecule has 27 heavy (non-hydrogen) atoms. The molecule has 1 heterocycles. The first kappa shape index (κ1) is 22.4. The van der Waals surface area contributed by atoms with E-state index in [1.54, 1.807) is 11.8 Å². The van der Waals surface area contributed by atoms with Gasteiger partial charge in [-0.15, -0.1) is 0 Å². The summed E-state index contributed by atoms with van der Waals surface area (Å²) < 4.78 is 0. The van der Waals surface area contributed by atoms with Crippen LogP contribution in [0.25, 0.3) is 11.0 Å². The molecule has 0 spiro atoms. The molecule has 0 saturated heterocycles. The molecule has 2 saturated carbocycles. The zero-order valence-corrected chi connectivity index (χ0v) is 18.5. The average Bonchev–Trinajstić information content (AvgIpc) is 3.26. The Bertz CT molecular complexity index is 722. The fraction of sp³-hybridized carbons (Fsp3) is 0.583. The third-order valence-electron chi connectivity index (χ3n) is 6.20. The van der Waals surface area contributed by atoms with E-state index in [1.165, 1.54) is 56.9 Å². The van der Waals surface area contributed by atoms with Gasteiger partial charge in [0, 0.05) is 0 Å². The Morgan fingerprint density at radius 1 is 0.926 bits per heavy atom. The van der Waals surface area contributed by atoms with Gasteiger partial charge in [0.15, 0.2) is 0 Å². The third-order valence-corrected chi connectivity index (χ3v) is 6.20. The minimum absolute atomic E-state index is 0. The Morgan fingerprint density at radius 3 is 2.15 bits per heavy atom. The van der Waals surface area contributed by atoms with Crippen LogP contribution >= 0.6 is 0 Å². The SMILES string of the molecule is C[C-]1CCCC1.Cc1nc2ccc(CCC3CCC[C-]3C)cc2nc1C.[Fe+2]. The van der Waals surface area contributed by atoms with Crippen molar-refractivity contribution < 1.29 is 17.1 Å². The Balaban J connectivity index is 0.000000320. The maximum atomic E-state index is 4.66. The topological polar surface area (TPSA) is 25.8 Å². The van der Waals surface area contributed by atoms with Crippen molar-refractivity contribution in [2.45, 2.75) is 85.5 Å². The Labute approximate surface area is 176 Å². The molecule has 0 radical (unpaired) electrons. The van der Waals surface area contributed by atoms with Crippen LogP contribution in [0.2, 0.25) is 0 Å². The van der Waals surface area contributed by atoms with Crippen molar-refractivity contribution in [2.24, 2.45) is 5.92 Å². The second-order valence-corrected chi connectivity index (χ2v) is 8.36. The van der Waals surface area contributed by atoms with Crippen molar-refractivity contribution in [3.63, 3.8) is 0 Å². The van der Waals surface area contributed by atoms with Gasteiger partial charge in [-0.05, 0) is 38.0 Å². The number of fused-ring (bicyclic) bond motifs is 1. The number of aryl methyl sites for hydroxylation is 3. The summed E-state index contributed by atoms with van der Waals surface area (Å²) in [6.07, 6.45) is 12.3. The van der Waals surface area contributed by atoms with Gasteiger partial charge in [0.2, 0.25) is 0 Å². The Morgan fingerprint density at radius 2 is 1.59 bits per heavy atom. The van der Waals surface area contributed by atoms with Gasteiger partial charge in [0.1, 0.15) is 0 Å². The molecule has 0 bridgehead atoms. The molecule has 2 fully saturated rings. The van der Waals surface area contributed by atoms with Gasteiger partial charge in [0.25, 0.3) is 0 Å². The van der Waals surface area contributed by atoms with E-state index in [1.807, 2.05) is 13.8 Å².